The minimum atomic E-state index is -0.750. The Balaban J connectivity index is 1.58. The zero-order valence-corrected chi connectivity index (χ0v) is 20.0. The molecule has 3 aromatic heterocycles. The number of anilines is 2. The van der Waals surface area contributed by atoms with E-state index in [1.165, 1.54) is 18.5 Å². The highest BCUT2D eigenvalue weighted by Crippen LogP contribution is 2.33. The monoisotopic (exact) mass is 499 g/mol. The van der Waals surface area contributed by atoms with Crippen molar-refractivity contribution in [1.82, 2.24) is 34.7 Å². The second-order valence-corrected chi connectivity index (χ2v) is 8.77. The SMILES string of the molecule is Cc1ccccc1-n1c(Cn2nc(-c3ccc(F)c(O)c3)c3c(N)ncnc32)nc2c(c1=O)N(C)NC2. The average molecular weight is 500 g/mol. The van der Waals surface area contributed by atoms with Crippen LogP contribution in [0.3, 0.4) is 0 Å². The third-order valence-electron chi connectivity index (χ3n) is 6.45. The molecule has 0 amide bonds. The summed E-state index contributed by atoms with van der Waals surface area (Å²) in [4.78, 5) is 27.1. The molecule has 0 atom stereocenters. The Bertz CT molecular complexity index is 1760. The van der Waals surface area contributed by atoms with Crippen LogP contribution in [0.25, 0.3) is 28.0 Å². The number of nitrogen functional groups attached to an aromatic ring is 1. The van der Waals surface area contributed by atoms with Crippen molar-refractivity contribution < 1.29 is 9.50 Å². The molecule has 4 heterocycles. The first kappa shape index (κ1) is 22.6. The Morgan fingerprint density at radius 3 is 2.78 bits per heavy atom. The molecule has 1 aliphatic rings. The molecular weight excluding hydrogens is 477 g/mol. The Hall–Kier alpha value is -4.84. The summed E-state index contributed by atoms with van der Waals surface area (Å²) >= 11 is 0. The molecule has 0 aliphatic carbocycles. The van der Waals surface area contributed by atoms with Gasteiger partial charge >= 0.3 is 0 Å². The number of halogens is 1. The Labute approximate surface area is 209 Å². The zero-order valence-electron chi connectivity index (χ0n) is 20.0. The van der Waals surface area contributed by atoms with Crippen LogP contribution in [0.1, 0.15) is 17.1 Å². The summed E-state index contributed by atoms with van der Waals surface area (Å²) < 4.78 is 16.9. The number of nitrogens with one attached hydrogen (secondary N) is 1. The molecule has 0 fully saturated rings. The highest BCUT2D eigenvalue weighted by molar-refractivity contribution is 5.98. The lowest BCUT2D eigenvalue weighted by Crippen LogP contribution is -2.34. The maximum atomic E-state index is 13.8. The smallest absolute Gasteiger partial charge is 0.283 e. The fraction of sp³-hybridized carbons (Fsp3) is 0.160. The number of benzene rings is 2. The van der Waals surface area contributed by atoms with Crippen molar-refractivity contribution >= 4 is 22.5 Å². The first-order valence-corrected chi connectivity index (χ1v) is 11.5. The molecule has 0 spiro atoms. The Morgan fingerprint density at radius 1 is 1.19 bits per heavy atom. The molecule has 0 radical (unpaired) electrons. The molecule has 0 saturated heterocycles. The van der Waals surface area contributed by atoms with E-state index in [9.17, 15) is 14.3 Å². The number of para-hydroxylation sites is 1. The minimum absolute atomic E-state index is 0.0840. The standard InChI is InChI=1S/C25H22FN9O2/c1-13-5-3-4-6-17(13)35-19(31-16-10-30-33(2)22(16)25(35)37)11-34-24-20(23(27)28-12-29-24)21(32-34)14-7-8-15(26)18(36)9-14/h3-9,12,30,36H,10-11H2,1-2H3,(H2,27,28,29). The van der Waals surface area contributed by atoms with Crippen LogP contribution in [0.15, 0.2) is 53.6 Å². The van der Waals surface area contributed by atoms with Crippen LogP contribution in [0.5, 0.6) is 5.75 Å². The van der Waals surface area contributed by atoms with Crippen LogP contribution in [-0.4, -0.2) is 41.5 Å². The number of hydrogen-bond acceptors (Lipinski definition) is 9. The maximum absolute atomic E-state index is 13.8. The predicted octanol–water partition coefficient (Wildman–Crippen LogP) is 2.28. The third-order valence-corrected chi connectivity index (χ3v) is 6.45. The van der Waals surface area contributed by atoms with Crippen LogP contribution in [0, 0.1) is 12.7 Å². The third kappa shape index (κ3) is 3.57. The molecule has 12 heteroatoms. The van der Waals surface area contributed by atoms with Crippen LogP contribution in [0.2, 0.25) is 0 Å². The number of aromatic nitrogens is 6. The molecule has 37 heavy (non-hydrogen) atoms. The zero-order chi connectivity index (χ0) is 25.8. The number of fused-ring (bicyclic) bond motifs is 2. The van der Waals surface area contributed by atoms with E-state index in [1.807, 2.05) is 31.2 Å². The van der Waals surface area contributed by atoms with E-state index >= 15 is 0 Å². The normalized spacial score (nSPS) is 12.9. The first-order valence-electron chi connectivity index (χ1n) is 11.5. The van der Waals surface area contributed by atoms with Gasteiger partial charge in [0, 0.05) is 12.6 Å². The van der Waals surface area contributed by atoms with Crippen molar-refractivity contribution in [2.24, 2.45) is 0 Å². The van der Waals surface area contributed by atoms with Crippen LogP contribution < -0.4 is 21.7 Å². The molecule has 1 aliphatic heterocycles. The predicted molar refractivity (Wildman–Crippen MR) is 136 cm³/mol. The van der Waals surface area contributed by atoms with Gasteiger partial charge in [-0.25, -0.2) is 29.4 Å². The molecule has 0 saturated carbocycles. The molecule has 0 bridgehead atoms. The van der Waals surface area contributed by atoms with Crippen molar-refractivity contribution in [2.75, 3.05) is 17.8 Å². The molecule has 11 nitrogen and oxygen atoms in total. The minimum Gasteiger partial charge on any atom is -0.505 e. The van der Waals surface area contributed by atoms with Crippen LogP contribution >= 0.6 is 0 Å². The average Bonchev–Trinajstić information content (AvgIpc) is 3.43. The van der Waals surface area contributed by atoms with Gasteiger partial charge in [0.05, 0.1) is 23.3 Å². The van der Waals surface area contributed by atoms with E-state index in [-0.39, 0.29) is 17.9 Å². The summed E-state index contributed by atoms with van der Waals surface area (Å²) in [5, 5.41) is 16.8. The lowest BCUT2D eigenvalue weighted by molar-refractivity contribution is 0.432. The number of hydrogen-bond donors (Lipinski definition) is 3. The number of nitrogens with zero attached hydrogens (tertiary/aromatic N) is 7. The number of rotatable bonds is 4. The Kier molecular flexibility index (Phi) is 5.12. The summed E-state index contributed by atoms with van der Waals surface area (Å²) in [6.07, 6.45) is 1.32. The number of aryl methyl sites for hydroxylation is 1. The lowest BCUT2D eigenvalue weighted by atomic mass is 10.1. The molecule has 6 rings (SSSR count). The van der Waals surface area contributed by atoms with E-state index < -0.39 is 11.6 Å². The quantitative estimate of drug-likeness (QED) is 0.340. The molecule has 0 unspecified atom stereocenters. The number of phenolic OH excluding ortho intramolecular Hbond substituents is 1. The second-order valence-electron chi connectivity index (χ2n) is 8.77. The van der Waals surface area contributed by atoms with Crippen molar-refractivity contribution in [3.05, 3.63) is 82.0 Å². The van der Waals surface area contributed by atoms with E-state index in [0.29, 0.717) is 51.7 Å². The largest absolute Gasteiger partial charge is 0.505 e. The highest BCUT2D eigenvalue weighted by atomic mass is 19.1. The van der Waals surface area contributed by atoms with Gasteiger partial charge in [0.25, 0.3) is 5.56 Å². The topological polar surface area (TPSA) is 140 Å². The van der Waals surface area contributed by atoms with Crippen molar-refractivity contribution in [2.45, 2.75) is 20.0 Å². The van der Waals surface area contributed by atoms with Crippen molar-refractivity contribution in [3.63, 3.8) is 0 Å². The van der Waals surface area contributed by atoms with Crippen LogP contribution in [0.4, 0.5) is 15.9 Å². The fourth-order valence-corrected chi connectivity index (χ4v) is 4.64. The van der Waals surface area contributed by atoms with Crippen LogP contribution in [-0.2, 0) is 13.1 Å². The number of aromatic hydroxyl groups is 1. The summed E-state index contributed by atoms with van der Waals surface area (Å²) in [6.45, 7) is 2.43. The summed E-state index contributed by atoms with van der Waals surface area (Å²) in [6, 6.07) is 11.5. The molecular formula is C25H22FN9O2. The maximum Gasteiger partial charge on any atom is 0.283 e. The molecule has 2 aromatic carbocycles. The molecule has 4 N–H and O–H groups in total. The van der Waals surface area contributed by atoms with Crippen molar-refractivity contribution in [3.8, 4) is 22.7 Å². The van der Waals surface area contributed by atoms with Gasteiger partial charge in [-0.05, 0) is 36.8 Å². The summed E-state index contributed by atoms with van der Waals surface area (Å²) in [5.74, 6) is -0.634. The number of hydrazine groups is 1. The van der Waals surface area contributed by atoms with Crippen molar-refractivity contribution in [1.29, 1.82) is 0 Å². The van der Waals surface area contributed by atoms with E-state index in [4.69, 9.17) is 15.8 Å². The van der Waals surface area contributed by atoms with Gasteiger partial charge in [-0.3, -0.25) is 9.36 Å². The summed E-state index contributed by atoms with van der Waals surface area (Å²) in [7, 11) is 1.78. The number of nitrogens with two attached hydrogens (primary N) is 1. The summed E-state index contributed by atoms with van der Waals surface area (Å²) in [5.41, 5.74) is 13.0. The van der Waals surface area contributed by atoms with E-state index in [1.54, 1.807) is 21.3 Å². The second kappa shape index (κ2) is 8.38. The van der Waals surface area contributed by atoms with Gasteiger partial charge in [0.15, 0.2) is 17.2 Å². The lowest BCUT2D eigenvalue weighted by Gasteiger charge is -2.18. The van der Waals surface area contributed by atoms with E-state index in [2.05, 4.69) is 15.4 Å². The van der Waals surface area contributed by atoms with E-state index in [0.717, 1.165) is 11.6 Å². The highest BCUT2D eigenvalue weighted by Gasteiger charge is 2.27. The van der Waals surface area contributed by atoms with Gasteiger partial charge in [-0.2, -0.15) is 5.10 Å². The van der Waals surface area contributed by atoms with Gasteiger partial charge in [-0.1, -0.05) is 18.2 Å². The van der Waals surface area contributed by atoms with Gasteiger partial charge in [-0.15, -0.1) is 0 Å². The Morgan fingerprint density at radius 2 is 2.00 bits per heavy atom. The van der Waals surface area contributed by atoms with Gasteiger partial charge in [0.2, 0.25) is 0 Å². The molecule has 5 aromatic rings. The molecule has 186 valence electrons. The fourth-order valence-electron chi connectivity index (χ4n) is 4.64. The first-order chi connectivity index (χ1) is 17.8. The van der Waals surface area contributed by atoms with Gasteiger partial charge < -0.3 is 15.8 Å². The number of phenols is 1. The van der Waals surface area contributed by atoms with Gasteiger partial charge in [0.1, 0.15) is 35.9 Å².